The number of azo groups is 1. The first-order chi connectivity index (χ1) is 16.8. The molecule has 2 amide bonds. The van der Waals surface area contributed by atoms with E-state index in [4.69, 9.17) is 27.9 Å². The van der Waals surface area contributed by atoms with Gasteiger partial charge < -0.3 is 9.84 Å². The number of amides is 2. The number of hydrogen-bond donors (Lipinski definition) is 1. The van der Waals surface area contributed by atoms with Gasteiger partial charge in [0.1, 0.15) is 18.1 Å². The normalized spacial score (nSPS) is 14.9. The van der Waals surface area contributed by atoms with Crippen molar-refractivity contribution in [2.75, 3.05) is 13.2 Å². The number of rotatable bonds is 7. The lowest BCUT2D eigenvalue weighted by molar-refractivity contribution is -0.123. The molecule has 35 heavy (non-hydrogen) atoms. The minimum Gasteiger partial charge on any atom is -0.507 e. The molecule has 0 saturated carbocycles. The summed E-state index contributed by atoms with van der Waals surface area (Å²) in [6.07, 6.45) is 1.46. The number of carbonyl (C=O) groups excluding carboxylic acids is 2. The fraction of sp³-hybridized carbons (Fsp3) is 0.120. The van der Waals surface area contributed by atoms with Crippen LogP contribution in [0.15, 0.2) is 75.8 Å². The van der Waals surface area contributed by atoms with Crippen LogP contribution in [0.4, 0.5) is 16.2 Å². The van der Waals surface area contributed by atoms with Crippen molar-refractivity contribution in [3.63, 3.8) is 0 Å². The Morgan fingerprint density at radius 1 is 1.00 bits per heavy atom. The Labute approximate surface area is 216 Å². The number of carbonyl (C=O) groups is 2. The van der Waals surface area contributed by atoms with Crippen LogP contribution in [0, 0.1) is 6.92 Å². The second kappa shape index (κ2) is 10.9. The highest BCUT2D eigenvalue weighted by Gasteiger charge is 2.35. The monoisotopic (exact) mass is 527 g/mol. The zero-order valence-corrected chi connectivity index (χ0v) is 20.8. The van der Waals surface area contributed by atoms with Crippen molar-refractivity contribution in [1.82, 2.24) is 4.90 Å². The molecule has 0 spiro atoms. The first-order valence-corrected chi connectivity index (χ1v) is 12.0. The van der Waals surface area contributed by atoms with Gasteiger partial charge in [-0.15, -0.1) is 0 Å². The van der Waals surface area contributed by atoms with E-state index in [-0.39, 0.29) is 23.8 Å². The molecule has 1 aliphatic rings. The number of phenols is 1. The lowest BCUT2D eigenvalue weighted by Crippen LogP contribution is -2.32. The molecule has 0 aliphatic carbocycles. The summed E-state index contributed by atoms with van der Waals surface area (Å²) in [5.74, 6) is -0.0554. The molecular formula is C25H19Cl2N3O4S. The predicted octanol–water partition coefficient (Wildman–Crippen LogP) is 7.54. The van der Waals surface area contributed by atoms with Crippen molar-refractivity contribution < 1.29 is 19.4 Å². The lowest BCUT2D eigenvalue weighted by atomic mass is 10.1. The molecule has 7 nitrogen and oxygen atoms in total. The molecule has 10 heteroatoms. The van der Waals surface area contributed by atoms with Crippen LogP contribution >= 0.6 is 35.0 Å². The van der Waals surface area contributed by atoms with Gasteiger partial charge in [0.05, 0.1) is 27.8 Å². The van der Waals surface area contributed by atoms with Gasteiger partial charge in [0.15, 0.2) is 0 Å². The number of benzene rings is 3. The maximum atomic E-state index is 12.8. The Hall–Kier alpha value is -3.33. The number of aryl methyl sites for hydroxylation is 1. The summed E-state index contributed by atoms with van der Waals surface area (Å²) in [5.41, 5.74) is 2.30. The van der Waals surface area contributed by atoms with Gasteiger partial charge in [0.25, 0.3) is 11.1 Å². The zero-order chi connectivity index (χ0) is 24.9. The van der Waals surface area contributed by atoms with E-state index in [9.17, 15) is 14.7 Å². The summed E-state index contributed by atoms with van der Waals surface area (Å²) in [5, 5.41) is 19.2. The maximum Gasteiger partial charge on any atom is 0.293 e. The summed E-state index contributed by atoms with van der Waals surface area (Å²) in [6, 6.07) is 16.9. The molecule has 3 aromatic carbocycles. The third kappa shape index (κ3) is 6.03. The van der Waals surface area contributed by atoms with Gasteiger partial charge >= 0.3 is 0 Å². The van der Waals surface area contributed by atoms with Crippen LogP contribution < -0.4 is 4.74 Å². The number of nitrogens with zero attached hydrogens (tertiary/aromatic N) is 3. The molecule has 0 radical (unpaired) electrons. The Morgan fingerprint density at radius 2 is 1.71 bits per heavy atom. The Morgan fingerprint density at radius 3 is 2.46 bits per heavy atom. The largest absolute Gasteiger partial charge is 0.507 e. The third-order valence-corrected chi connectivity index (χ3v) is 6.64. The third-order valence-electron chi connectivity index (χ3n) is 5.02. The number of imide groups is 1. The van der Waals surface area contributed by atoms with Crippen molar-refractivity contribution in [3.8, 4) is 11.5 Å². The number of thioether (sulfide) groups is 1. The minimum atomic E-state index is -0.469. The number of halogens is 2. The Balaban J connectivity index is 1.46. The molecule has 0 atom stereocenters. The molecular weight excluding hydrogens is 509 g/mol. The van der Waals surface area contributed by atoms with Crippen LogP contribution in [0.3, 0.4) is 0 Å². The van der Waals surface area contributed by atoms with Crippen molar-refractivity contribution >= 4 is 63.6 Å². The first kappa shape index (κ1) is 24.8. The SMILES string of the molecule is Cc1ccc(N=Nc2ccc(O)c(/C=C3\SC(=O)N(CCOc4ccccc4Cl)C3=O)c2)cc1Cl. The molecule has 1 heterocycles. The predicted molar refractivity (Wildman–Crippen MR) is 138 cm³/mol. The van der Waals surface area contributed by atoms with Gasteiger partial charge in [0, 0.05) is 10.6 Å². The molecule has 178 valence electrons. The van der Waals surface area contributed by atoms with E-state index in [1.807, 2.05) is 13.0 Å². The van der Waals surface area contributed by atoms with Crippen molar-refractivity contribution in [2.24, 2.45) is 10.2 Å². The summed E-state index contributed by atoms with van der Waals surface area (Å²) in [7, 11) is 0. The fourth-order valence-corrected chi connectivity index (χ4v) is 4.34. The van der Waals surface area contributed by atoms with Gasteiger partial charge in [0.2, 0.25) is 0 Å². The molecule has 4 rings (SSSR count). The average Bonchev–Trinajstić information content (AvgIpc) is 3.10. The van der Waals surface area contributed by atoms with Crippen molar-refractivity contribution in [3.05, 3.63) is 86.7 Å². The number of para-hydroxylation sites is 1. The van der Waals surface area contributed by atoms with E-state index in [1.54, 1.807) is 48.5 Å². The molecule has 3 aromatic rings. The van der Waals surface area contributed by atoms with Crippen LogP contribution in [0.5, 0.6) is 11.5 Å². The highest BCUT2D eigenvalue weighted by Crippen LogP contribution is 2.35. The van der Waals surface area contributed by atoms with E-state index in [1.165, 1.54) is 12.1 Å². The fourth-order valence-electron chi connectivity index (χ4n) is 3.12. The van der Waals surface area contributed by atoms with Gasteiger partial charge in [-0.3, -0.25) is 14.5 Å². The molecule has 0 bridgehead atoms. The topological polar surface area (TPSA) is 91.6 Å². The number of aromatic hydroxyl groups is 1. The minimum absolute atomic E-state index is 0.0591. The molecule has 1 N–H and O–H groups in total. The Kier molecular flexibility index (Phi) is 7.75. The van der Waals surface area contributed by atoms with Crippen LogP contribution in [0.25, 0.3) is 6.08 Å². The smallest absolute Gasteiger partial charge is 0.293 e. The summed E-state index contributed by atoms with van der Waals surface area (Å²) < 4.78 is 5.58. The van der Waals surface area contributed by atoms with Gasteiger partial charge in [-0.2, -0.15) is 10.2 Å². The van der Waals surface area contributed by atoms with Crippen LogP contribution in [-0.2, 0) is 4.79 Å². The zero-order valence-electron chi connectivity index (χ0n) is 18.4. The van der Waals surface area contributed by atoms with Gasteiger partial charge in [-0.25, -0.2) is 0 Å². The standard InChI is InChI=1S/C25H19Cl2N3O4S/c1-15-6-7-18(14-20(15)27)29-28-17-8-9-21(31)16(12-17)13-23-24(32)30(25(33)35-23)10-11-34-22-5-3-2-4-19(22)26/h2-9,12-14,31H,10-11H2,1H3/b23-13-,29-28?. The second-order valence-corrected chi connectivity index (χ2v) is 9.30. The molecule has 1 aliphatic heterocycles. The van der Waals surface area contributed by atoms with Crippen LogP contribution in [-0.4, -0.2) is 34.3 Å². The maximum absolute atomic E-state index is 12.8. The first-order valence-electron chi connectivity index (χ1n) is 10.5. The number of hydrogen-bond acceptors (Lipinski definition) is 7. The van der Waals surface area contributed by atoms with E-state index in [2.05, 4.69) is 10.2 Å². The van der Waals surface area contributed by atoms with Gasteiger partial charge in [-0.1, -0.05) is 41.4 Å². The molecule has 1 fully saturated rings. The summed E-state index contributed by atoms with van der Waals surface area (Å²) in [6.45, 7) is 2.05. The van der Waals surface area contributed by atoms with E-state index in [0.29, 0.717) is 32.7 Å². The molecule has 1 saturated heterocycles. The lowest BCUT2D eigenvalue weighted by Gasteiger charge is -2.13. The van der Waals surface area contributed by atoms with Crippen LogP contribution in [0.2, 0.25) is 10.0 Å². The number of phenolic OH excluding ortho intramolecular Hbond substituents is 1. The van der Waals surface area contributed by atoms with Crippen molar-refractivity contribution in [2.45, 2.75) is 6.92 Å². The summed E-state index contributed by atoms with van der Waals surface area (Å²) in [4.78, 5) is 26.5. The Bertz CT molecular complexity index is 1360. The van der Waals surface area contributed by atoms with E-state index < -0.39 is 11.1 Å². The average molecular weight is 528 g/mol. The van der Waals surface area contributed by atoms with E-state index in [0.717, 1.165) is 22.2 Å². The van der Waals surface area contributed by atoms with Gasteiger partial charge in [-0.05, 0) is 72.8 Å². The highest BCUT2D eigenvalue weighted by atomic mass is 35.5. The highest BCUT2D eigenvalue weighted by molar-refractivity contribution is 8.18. The quantitative estimate of drug-likeness (QED) is 0.253. The summed E-state index contributed by atoms with van der Waals surface area (Å²) >= 11 is 13.0. The molecule has 0 aromatic heterocycles. The second-order valence-electron chi connectivity index (χ2n) is 7.49. The van der Waals surface area contributed by atoms with Crippen LogP contribution in [0.1, 0.15) is 11.1 Å². The van der Waals surface area contributed by atoms with E-state index >= 15 is 0 Å². The number of ether oxygens (including phenoxy) is 1. The molecule has 0 unspecified atom stereocenters. The van der Waals surface area contributed by atoms with Crippen molar-refractivity contribution in [1.29, 1.82) is 0 Å².